The smallest absolute Gasteiger partial charge is 0.264 e. The van der Waals surface area contributed by atoms with Crippen LogP contribution >= 0.6 is 11.6 Å². The van der Waals surface area contributed by atoms with Crippen LogP contribution in [-0.2, 0) is 32.6 Å². The Balaban J connectivity index is 1.81. The molecule has 9 heteroatoms. The maximum Gasteiger partial charge on any atom is 0.264 e. The van der Waals surface area contributed by atoms with E-state index in [0.29, 0.717) is 10.7 Å². The zero-order valence-corrected chi connectivity index (χ0v) is 27.7. The molecule has 0 aliphatic rings. The van der Waals surface area contributed by atoms with Crippen LogP contribution in [0.25, 0.3) is 0 Å². The van der Waals surface area contributed by atoms with E-state index in [1.807, 2.05) is 82.3 Å². The Morgan fingerprint density at radius 1 is 0.844 bits per heavy atom. The molecular weight excluding hydrogens is 606 g/mol. The first-order valence-electron chi connectivity index (χ1n) is 15.0. The number of amides is 2. The highest BCUT2D eigenvalue weighted by molar-refractivity contribution is 7.92. The molecule has 0 spiro atoms. The van der Waals surface area contributed by atoms with Crippen molar-refractivity contribution in [2.24, 2.45) is 0 Å². The van der Waals surface area contributed by atoms with Crippen molar-refractivity contribution < 1.29 is 18.0 Å². The summed E-state index contributed by atoms with van der Waals surface area (Å²) in [5.41, 5.74) is 3.99. The lowest BCUT2D eigenvalue weighted by Crippen LogP contribution is -2.54. The number of hydrogen-bond acceptors (Lipinski definition) is 4. The van der Waals surface area contributed by atoms with Crippen LogP contribution in [0.4, 0.5) is 5.69 Å². The molecule has 2 unspecified atom stereocenters. The first kappa shape index (κ1) is 33.7. The van der Waals surface area contributed by atoms with E-state index in [0.717, 1.165) is 33.0 Å². The first-order valence-corrected chi connectivity index (χ1v) is 16.8. The number of rotatable bonds is 13. The van der Waals surface area contributed by atoms with E-state index >= 15 is 0 Å². The van der Waals surface area contributed by atoms with Crippen LogP contribution in [0.5, 0.6) is 0 Å². The molecule has 4 aromatic rings. The molecule has 0 bridgehead atoms. The SMILES string of the molecule is CCC(C)NC(=O)C(Cc1ccccc1)N(Cc1ccccc1C)C(=O)CN(c1ccc(C)cc1)S(=O)(=O)c1ccc(Cl)cc1. The fourth-order valence-corrected chi connectivity index (χ4v) is 6.48. The quantitative estimate of drug-likeness (QED) is 0.175. The molecule has 45 heavy (non-hydrogen) atoms. The zero-order chi connectivity index (χ0) is 32.6. The van der Waals surface area contributed by atoms with Gasteiger partial charge in [-0.05, 0) is 80.3 Å². The van der Waals surface area contributed by atoms with Crippen LogP contribution in [0.2, 0.25) is 5.02 Å². The lowest BCUT2D eigenvalue weighted by Gasteiger charge is -2.34. The standard InChI is InChI=1S/C36H40ClN3O4S/c1-5-28(4)38-36(42)34(23-29-12-7-6-8-13-29)39(24-30-14-10-9-11-27(30)3)35(41)25-40(32-19-15-26(2)16-20-32)45(43,44)33-21-17-31(37)18-22-33/h6-22,28,34H,5,23-25H2,1-4H3,(H,38,42). The molecule has 0 heterocycles. The average molecular weight is 646 g/mol. The van der Waals surface area contributed by atoms with Gasteiger partial charge in [0.2, 0.25) is 11.8 Å². The summed E-state index contributed by atoms with van der Waals surface area (Å²) in [7, 11) is -4.19. The van der Waals surface area contributed by atoms with Gasteiger partial charge in [0.05, 0.1) is 10.6 Å². The van der Waals surface area contributed by atoms with E-state index in [4.69, 9.17) is 11.6 Å². The Morgan fingerprint density at radius 2 is 1.47 bits per heavy atom. The van der Waals surface area contributed by atoms with E-state index in [-0.39, 0.29) is 29.8 Å². The first-order chi connectivity index (χ1) is 21.5. The van der Waals surface area contributed by atoms with Gasteiger partial charge < -0.3 is 10.2 Å². The summed E-state index contributed by atoms with van der Waals surface area (Å²) in [6.07, 6.45) is 0.977. The van der Waals surface area contributed by atoms with Gasteiger partial charge >= 0.3 is 0 Å². The van der Waals surface area contributed by atoms with Crippen molar-refractivity contribution in [3.63, 3.8) is 0 Å². The number of carbonyl (C=O) groups excluding carboxylic acids is 2. The van der Waals surface area contributed by atoms with Crippen LogP contribution in [0.3, 0.4) is 0 Å². The Bertz CT molecular complexity index is 1690. The highest BCUT2D eigenvalue weighted by atomic mass is 35.5. The summed E-state index contributed by atoms with van der Waals surface area (Å²) in [6, 6.07) is 29.0. The van der Waals surface area contributed by atoms with Crippen molar-refractivity contribution in [3.8, 4) is 0 Å². The molecule has 4 rings (SSSR count). The molecule has 0 fully saturated rings. The fraction of sp³-hybridized carbons (Fsp3) is 0.278. The minimum absolute atomic E-state index is 0.000998. The fourth-order valence-electron chi connectivity index (χ4n) is 4.94. The maximum absolute atomic E-state index is 14.6. The minimum Gasteiger partial charge on any atom is -0.352 e. The number of sulfonamides is 1. The lowest BCUT2D eigenvalue weighted by molar-refractivity contribution is -0.140. The van der Waals surface area contributed by atoms with Gasteiger partial charge in [0.1, 0.15) is 12.6 Å². The van der Waals surface area contributed by atoms with E-state index in [1.54, 1.807) is 24.3 Å². The highest BCUT2D eigenvalue weighted by Gasteiger charge is 2.35. The van der Waals surface area contributed by atoms with Gasteiger partial charge in [0, 0.05) is 24.0 Å². The summed E-state index contributed by atoms with van der Waals surface area (Å²) < 4.78 is 29.3. The molecule has 0 radical (unpaired) electrons. The van der Waals surface area contributed by atoms with Crippen molar-refractivity contribution in [2.45, 2.75) is 64.1 Å². The number of anilines is 1. The largest absolute Gasteiger partial charge is 0.352 e. The minimum atomic E-state index is -4.19. The Labute approximate surface area is 271 Å². The Hall–Kier alpha value is -4.14. The third kappa shape index (κ3) is 8.74. The number of carbonyl (C=O) groups is 2. The van der Waals surface area contributed by atoms with Crippen molar-refractivity contribution in [2.75, 3.05) is 10.8 Å². The molecule has 4 aromatic carbocycles. The topological polar surface area (TPSA) is 86.8 Å². The van der Waals surface area contributed by atoms with Gasteiger partial charge in [-0.15, -0.1) is 0 Å². The number of halogens is 1. The van der Waals surface area contributed by atoms with Crippen LogP contribution in [0.1, 0.15) is 42.5 Å². The predicted octanol–water partition coefficient (Wildman–Crippen LogP) is 6.71. The van der Waals surface area contributed by atoms with Crippen molar-refractivity contribution in [1.29, 1.82) is 0 Å². The predicted molar refractivity (Wildman–Crippen MR) is 181 cm³/mol. The second-order valence-electron chi connectivity index (χ2n) is 11.3. The van der Waals surface area contributed by atoms with Gasteiger partial charge in [-0.2, -0.15) is 0 Å². The molecule has 1 N–H and O–H groups in total. The highest BCUT2D eigenvalue weighted by Crippen LogP contribution is 2.26. The Morgan fingerprint density at radius 3 is 2.09 bits per heavy atom. The summed E-state index contributed by atoms with van der Waals surface area (Å²) in [5, 5.41) is 3.46. The van der Waals surface area contributed by atoms with Crippen molar-refractivity contribution in [1.82, 2.24) is 10.2 Å². The third-order valence-corrected chi connectivity index (χ3v) is 9.92. The molecule has 0 aliphatic heterocycles. The molecule has 0 saturated heterocycles. The van der Waals surface area contributed by atoms with E-state index in [1.165, 1.54) is 29.2 Å². The van der Waals surface area contributed by atoms with Crippen LogP contribution in [0.15, 0.2) is 108 Å². The number of aryl methyl sites for hydroxylation is 2. The molecule has 0 aliphatic carbocycles. The van der Waals surface area contributed by atoms with Gasteiger partial charge in [-0.1, -0.05) is 90.8 Å². The number of nitrogens with one attached hydrogen (secondary N) is 1. The van der Waals surface area contributed by atoms with Crippen molar-refractivity contribution in [3.05, 3.63) is 130 Å². The number of hydrogen-bond donors (Lipinski definition) is 1. The summed E-state index contributed by atoms with van der Waals surface area (Å²) in [4.78, 5) is 30.0. The normalized spacial score (nSPS) is 12.6. The lowest BCUT2D eigenvalue weighted by atomic mass is 10.0. The molecule has 0 saturated carbocycles. The Kier molecular flexibility index (Phi) is 11.4. The monoisotopic (exact) mass is 645 g/mol. The second kappa shape index (κ2) is 15.2. The zero-order valence-electron chi connectivity index (χ0n) is 26.1. The summed E-state index contributed by atoms with van der Waals surface area (Å²) in [5.74, 6) is -0.797. The number of nitrogens with zero attached hydrogens (tertiary/aromatic N) is 2. The second-order valence-corrected chi connectivity index (χ2v) is 13.6. The maximum atomic E-state index is 14.6. The van der Waals surface area contributed by atoms with E-state index < -0.39 is 28.5 Å². The molecular formula is C36H40ClN3O4S. The molecule has 236 valence electrons. The number of benzene rings is 4. The van der Waals surface area contributed by atoms with E-state index in [9.17, 15) is 18.0 Å². The van der Waals surface area contributed by atoms with Crippen LogP contribution in [-0.4, -0.2) is 43.8 Å². The van der Waals surface area contributed by atoms with Gasteiger partial charge in [-0.25, -0.2) is 8.42 Å². The molecule has 0 aromatic heterocycles. The van der Waals surface area contributed by atoms with Crippen LogP contribution < -0.4 is 9.62 Å². The van der Waals surface area contributed by atoms with Gasteiger partial charge in [-0.3, -0.25) is 13.9 Å². The molecule has 2 amide bonds. The van der Waals surface area contributed by atoms with Gasteiger partial charge in [0.15, 0.2) is 0 Å². The molecule has 2 atom stereocenters. The van der Waals surface area contributed by atoms with E-state index in [2.05, 4.69) is 5.32 Å². The molecule has 7 nitrogen and oxygen atoms in total. The van der Waals surface area contributed by atoms with Crippen molar-refractivity contribution >= 4 is 39.1 Å². The third-order valence-electron chi connectivity index (χ3n) is 7.88. The summed E-state index contributed by atoms with van der Waals surface area (Å²) >= 11 is 6.06. The van der Waals surface area contributed by atoms with Gasteiger partial charge in [0.25, 0.3) is 10.0 Å². The average Bonchev–Trinajstić information content (AvgIpc) is 3.03. The van der Waals surface area contributed by atoms with Crippen LogP contribution in [0, 0.1) is 13.8 Å². The summed E-state index contributed by atoms with van der Waals surface area (Å²) in [6.45, 7) is 7.37.